The maximum Gasteiger partial charge on any atom is 0.306 e. The van der Waals surface area contributed by atoms with Crippen molar-refractivity contribution in [2.75, 3.05) is 13.2 Å². The van der Waals surface area contributed by atoms with Crippen LogP contribution in [-0.4, -0.2) is 25.2 Å². The second kappa shape index (κ2) is 7.07. The number of esters is 1. The number of halogens is 1. The zero-order chi connectivity index (χ0) is 9.68. The van der Waals surface area contributed by atoms with Crippen molar-refractivity contribution in [3.8, 4) is 0 Å². The fourth-order valence-corrected chi connectivity index (χ4v) is 1.88. The number of piperidine rings is 1. The minimum absolute atomic E-state index is 0. The molecular formula is C10H20ClNO2. The van der Waals surface area contributed by atoms with Crippen LogP contribution in [0.5, 0.6) is 0 Å². The predicted molar refractivity (Wildman–Crippen MR) is 58.7 cm³/mol. The van der Waals surface area contributed by atoms with Gasteiger partial charge in [-0.2, -0.15) is 0 Å². The normalized spacial score (nSPS) is 26.4. The van der Waals surface area contributed by atoms with Gasteiger partial charge in [0, 0.05) is 12.5 Å². The second-order valence-electron chi connectivity index (χ2n) is 3.75. The van der Waals surface area contributed by atoms with E-state index in [9.17, 15) is 4.79 Å². The number of carbonyl (C=O) groups is 1. The lowest BCUT2D eigenvalue weighted by atomic mass is 9.90. The molecule has 14 heavy (non-hydrogen) atoms. The third kappa shape index (κ3) is 4.82. The van der Waals surface area contributed by atoms with Crippen LogP contribution in [-0.2, 0) is 9.53 Å². The van der Waals surface area contributed by atoms with Crippen molar-refractivity contribution in [1.82, 2.24) is 5.32 Å². The van der Waals surface area contributed by atoms with E-state index in [1.54, 1.807) is 0 Å². The first-order valence-electron chi connectivity index (χ1n) is 5.11. The van der Waals surface area contributed by atoms with Gasteiger partial charge in [0.25, 0.3) is 0 Å². The Morgan fingerprint density at radius 3 is 2.86 bits per heavy atom. The van der Waals surface area contributed by atoms with Gasteiger partial charge in [0.15, 0.2) is 0 Å². The van der Waals surface area contributed by atoms with Crippen LogP contribution in [0.3, 0.4) is 0 Å². The average molecular weight is 222 g/mol. The summed E-state index contributed by atoms with van der Waals surface area (Å²) < 4.78 is 4.92. The molecule has 1 saturated heterocycles. The molecule has 0 aliphatic carbocycles. The Labute approximate surface area is 92.0 Å². The van der Waals surface area contributed by atoms with E-state index in [2.05, 4.69) is 12.2 Å². The molecule has 0 aromatic heterocycles. The molecule has 1 aliphatic heterocycles. The van der Waals surface area contributed by atoms with Gasteiger partial charge in [-0.15, -0.1) is 12.4 Å². The maximum atomic E-state index is 11.2. The number of ether oxygens (including phenoxy) is 1. The molecule has 1 fully saturated rings. The Bertz CT molecular complexity index is 176. The summed E-state index contributed by atoms with van der Waals surface area (Å²) in [5.74, 6) is 0.483. The smallest absolute Gasteiger partial charge is 0.306 e. The molecule has 0 spiro atoms. The minimum atomic E-state index is -0.0402. The van der Waals surface area contributed by atoms with Gasteiger partial charge in [-0.3, -0.25) is 4.79 Å². The Kier molecular flexibility index (Phi) is 6.93. The maximum absolute atomic E-state index is 11.2. The highest BCUT2D eigenvalue weighted by molar-refractivity contribution is 5.85. The number of hydrogen-bond acceptors (Lipinski definition) is 3. The number of hydrogen-bond donors (Lipinski definition) is 1. The van der Waals surface area contributed by atoms with Crippen molar-refractivity contribution >= 4 is 18.4 Å². The molecule has 84 valence electrons. The standard InChI is InChI=1S/C10H19NO2.ClH/c1-3-13-10(12)7-9-4-5-11-8(2)6-9;/h8-9,11H,3-7H2,1-2H3;1H. The van der Waals surface area contributed by atoms with E-state index in [0.717, 1.165) is 19.4 Å². The van der Waals surface area contributed by atoms with E-state index in [0.29, 0.717) is 25.0 Å². The fourth-order valence-electron chi connectivity index (χ4n) is 1.88. The van der Waals surface area contributed by atoms with E-state index >= 15 is 0 Å². The molecule has 1 heterocycles. The van der Waals surface area contributed by atoms with Gasteiger partial charge in [-0.1, -0.05) is 0 Å². The molecule has 0 aromatic rings. The lowest BCUT2D eigenvalue weighted by molar-refractivity contribution is -0.144. The largest absolute Gasteiger partial charge is 0.466 e. The Morgan fingerprint density at radius 2 is 2.29 bits per heavy atom. The molecule has 1 rings (SSSR count). The fraction of sp³-hybridized carbons (Fsp3) is 0.900. The van der Waals surface area contributed by atoms with Crippen molar-refractivity contribution in [1.29, 1.82) is 0 Å². The summed E-state index contributed by atoms with van der Waals surface area (Å²) in [5.41, 5.74) is 0. The summed E-state index contributed by atoms with van der Waals surface area (Å²) in [7, 11) is 0. The van der Waals surface area contributed by atoms with Crippen LogP contribution in [0.25, 0.3) is 0 Å². The highest BCUT2D eigenvalue weighted by atomic mass is 35.5. The number of carbonyl (C=O) groups excluding carboxylic acids is 1. The van der Waals surface area contributed by atoms with Crippen LogP contribution < -0.4 is 5.32 Å². The van der Waals surface area contributed by atoms with Gasteiger partial charge in [-0.25, -0.2) is 0 Å². The van der Waals surface area contributed by atoms with Crippen molar-refractivity contribution in [3.05, 3.63) is 0 Å². The molecule has 2 atom stereocenters. The Balaban J connectivity index is 0.00000169. The first-order valence-corrected chi connectivity index (χ1v) is 5.11. The van der Waals surface area contributed by atoms with E-state index in [4.69, 9.17) is 4.74 Å². The topological polar surface area (TPSA) is 38.3 Å². The van der Waals surface area contributed by atoms with Crippen LogP contribution >= 0.6 is 12.4 Å². The summed E-state index contributed by atoms with van der Waals surface area (Å²) in [6.45, 7) is 5.55. The van der Waals surface area contributed by atoms with E-state index in [-0.39, 0.29) is 18.4 Å². The monoisotopic (exact) mass is 221 g/mol. The second-order valence-corrected chi connectivity index (χ2v) is 3.75. The van der Waals surface area contributed by atoms with Crippen molar-refractivity contribution in [2.24, 2.45) is 5.92 Å². The molecule has 4 heteroatoms. The SMILES string of the molecule is CCOC(=O)CC1CCNC(C)C1.Cl. The van der Waals surface area contributed by atoms with Crippen LogP contribution in [0.2, 0.25) is 0 Å². The summed E-state index contributed by atoms with van der Waals surface area (Å²) in [5, 5.41) is 3.37. The van der Waals surface area contributed by atoms with Gasteiger partial charge in [0.2, 0.25) is 0 Å². The first-order chi connectivity index (χ1) is 6.22. The Hall–Kier alpha value is -0.280. The summed E-state index contributed by atoms with van der Waals surface area (Å²) in [6.07, 6.45) is 2.79. The molecule has 0 saturated carbocycles. The van der Waals surface area contributed by atoms with Crippen LogP contribution in [0.15, 0.2) is 0 Å². The highest BCUT2D eigenvalue weighted by Crippen LogP contribution is 2.19. The summed E-state index contributed by atoms with van der Waals surface area (Å²) in [4.78, 5) is 11.2. The van der Waals surface area contributed by atoms with Crippen LogP contribution in [0, 0.1) is 5.92 Å². The van der Waals surface area contributed by atoms with E-state index < -0.39 is 0 Å². The minimum Gasteiger partial charge on any atom is -0.466 e. The van der Waals surface area contributed by atoms with Gasteiger partial charge >= 0.3 is 5.97 Å². The lowest BCUT2D eigenvalue weighted by Gasteiger charge is -2.27. The molecule has 0 amide bonds. The van der Waals surface area contributed by atoms with Crippen molar-refractivity contribution < 1.29 is 9.53 Å². The quantitative estimate of drug-likeness (QED) is 0.738. The van der Waals surface area contributed by atoms with Gasteiger partial charge < -0.3 is 10.1 Å². The number of rotatable bonds is 3. The van der Waals surface area contributed by atoms with E-state index in [1.807, 2.05) is 6.92 Å². The molecule has 0 bridgehead atoms. The molecule has 2 unspecified atom stereocenters. The molecule has 3 nitrogen and oxygen atoms in total. The van der Waals surface area contributed by atoms with Gasteiger partial charge in [0.05, 0.1) is 6.61 Å². The highest BCUT2D eigenvalue weighted by Gasteiger charge is 2.21. The molecule has 0 radical (unpaired) electrons. The Morgan fingerprint density at radius 1 is 1.57 bits per heavy atom. The van der Waals surface area contributed by atoms with Crippen molar-refractivity contribution in [3.63, 3.8) is 0 Å². The lowest BCUT2D eigenvalue weighted by Crippen LogP contribution is -2.36. The third-order valence-electron chi connectivity index (χ3n) is 2.49. The third-order valence-corrected chi connectivity index (χ3v) is 2.49. The van der Waals surface area contributed by atoms with Gasteiger partial charge in [0.1, 0.15) is 0 Å². The molecule has 1 aliphatic rings. The summed E-state index contributed by atoms with van der Waals surface area (Å²) >= 11 is 0. The van der Waals surface area contributed by atoms with E-state index in [1.165, 1.54) is 0 Å². The van der Waals surface area contributed by atoms with Crippen molar-refractivity contribution in [2.45, 2.75) is 39.2 Å². The van der Waals surface area contributed by atoms with Crippen LogP contribution in [0.4, 0.5) is 0 Å². The zero-order valence-corrected chi connectivity index (χ0v) is 9.73. The zero-order valence-electron chi connectivity index (χ0n) is 8.91. The van der Waals surface area contributed by atoms with Gasteiger partial charge in [-0.05, 0) is 39.2 Å². The average Bonchev–Trinajstić information content (AvgIpc) is 2.04. The molecular weight excluding hydrogens is 202 g/mol. The predicted octanol–water partition coefficient (Wildman–Crippen LogP) is 1.75. The first kappa shape index (κ1) is 13.7. The summed E-state index contributed by atoms with van der Waals surface area (Å²) in [6, 6.07) is 0.549. The van der Waals surface area contributed by atoms with Crippen LogP contribution in [0.1, 0.15) is 33.1 Å². The molecule has 0 aromatic carbocycles. The molecule has 1 N–H and O–H groups in total. The number of nitrogens with one attached hydrogen (secondary N) is 1.